The molecule has 0 saturated heterocycles. The summed E-state index contributed by atoms with van der Waals surface area (Å²) >= 11 is 0. The number of sulfone groups is 1. The Hall–Kier alpha value is -0.0900. The molecule has 0 heterocycles. The molecule has 0 bridgehead atoms. The zero-order valence-corrected chi connectivity index (χ0v) is 12.9. The number of hydrogen-bond donors (Lipinski definition) is 1. The Morgan fingerprint density at radius 1 is 1.22 bits per heavy atom. The second kappa shape index (κ2) is 7.49. The normalized spacial score (nSPS) is 29.4. The van der Waals surface area contributed by atoms with E-state index < -0.39 is 9.84 Å². The molecule has 18 heavy (non-hydrogen) atoms. The third kappa shape index (κ3) is 5.70. The van der Waals surface area contributed by atoms with Crippen LogP contribution in [0.2, 0.25) is 0 Å². The summed E-state index contributed by atoms with van der Waals surface area (Å²) in [6.07, 6.45) is 9.68. The molecule has 0 amide bonds. The summed E-state index contributed by atoms with van der Waals surface area (Å²) < 4.78 is 22.4. The van der Waals surface area contributed by atoms with Gasteiger partial charge in [0.25, 0.3) is 0 Å². The molecule has 1 fully saturated rings. The summed E-state index contributed by atoms with van der Waals surface area (Å²) in [6.45, 7) is 2.25. The van der Waals surface area contributed by atoms with E-state index in [4.69, 9.17) is 0 Å². The first kappa shape index (κ1) is 16.0. The van der Waals surface area contributed by atoms with Gasteiger partial charge in [0.05, 0.1) is 0 Å². The second-order valence-electron chi connectivity index (χ2n) is 5.90. The molecule has 108 valence electrons. The summed E-state index contributed by atoms with van der Waals surface area (Å²) in [5.41, 5.74) is 0. The van der Waals surface area contributed by atoms with Gasteiger partial charge >= 0.3 is 0 Å². The summed E-state index contributed by atoms with van der Waals surface area (Å²) in [5, 5.41) is 3.41. The molecule has 0 aromatic carbocycles. The molecule has 3 atom stereocenters. The maximum atomic E-state index is 11.2. The Kier molecular flexibility index (Phi) is 6.64. The third-order valence-corrected chi connectivity index (χ3v) is 5.28. The topological polar surface area (TPSA) is 46.2 Å². The summed E-state index contributed by atoms with van der Waals surface area (Å²) in [6, 6.07) is 0.595. The minimum absolute atomic E-state index is 0.346. The van der Waals surface area contributed by atoms with Gasteiger partial charge in [0.1, 0.15) is 9.84 Å². The summed E-state index contributed by atoms with van der Waals surface area (Å²) in [5.74, 6) is 1.88. The number of nitrogens with one attached hydrogen (secondary N) is 1. The van der Waals surface area contributed by atoms with Crippen LogP contribution < -0.4 is 5.32 Å². The molecular weight excluding hydrogens is 246 g/mol. The SMILES string of the molecule is CCCC1CCC(NC)C(CCCS(C)(=O)=O)C1. The fraction of sp³-hybridized carbons (Fsp3) is 1.00. The molecule has 1 N–H and O–H groups in total. The zero-order valence-electron chi connectivity index (χ0n) is 12.1. The molecule has 3 unspecified atom stereocenters. The Labute approximate surface area is 113 Å². The Morgan fingerprint density at radius 3 is 2.50 bits per heavy atom. The van der Waals surface area contributed by atoms with Crippen molar-refractivity contribution in [2.75, 3.05) is 19.1 Å². The van der Waals surface area contributed by atoms with Crippen LogP contribution in [0.3, 0.4) is 0 Å². The van der Waals surface area contributed by atoms with Crippen LogP contribution in [0.15, 0.2) is 0 Å². The van der Waals surface area contributed by atoms with Crippen molar-refractivity contribution in [2.45, 2.75) is 57.9 Å². The lowest BCUT2D eigenvalue weighted by Gasteiger charge is -2.36. The first-order valence-electron chi connectivity index (χ1n) is 7.31. The van der Waals surface area contributed by atoms with Crippen molar-refractivity contribution in [2.24, 2.45) is 11.8 Å². The average Bonchev–Trinajstić information content (AvgIpc) is 2.28. The minimum atomic E-state index is -2.79. The Bertz CT molecular complexity index is 327. The van der Waals surface area contributed by atoms with Crippen LogP contribution in [0, 0.1) is 11.8 Å². The highest BCUT2D eigenvalue weighted by atomic mass is 32.2. The van der Waals surface area contributed by atoms with E-state index in [2.05, 4.69) is 12.2 Å². The van der Waals surface area contributed by atoms with Gasteiger partial charge in [-0.2, -0.15) is 0 Å². The molecule has 3 nitrogen and oxygen atoms in total. The lowest BCUT2D eigenvalue weighted by atomic mass is 9.74. The molecule has 0 aromatic rings. The van der Waals surface area contributed by atoms with Gasteiger partial charge in [-0.05, 0) is 51.0 Å². The van der Waals surface area contributed by atoms with Crippen LogP contribution in [0.5, 0.6) is 0 Å². The van der Waals surface area contributed by atoms with Crippen LogP contribution in [0.25, 0.3) is 0 Å². The average molecular weight is 275 g/mol. The smallest absolute Gasteiger partial charge is 0.147 e. The van der Waals surface area contributed by atoms with E-state index in [-0.39, 0.29) is 0 Å². The van der Waals surface area contributed by atoms with Gasteiger partial charge in [-0.1, -0.05) is 19.8 Å². The fourth-order valence-electron chi connectivity index (χ4n) is 3.34. The standard InChI is InChI=1S/C14H29NO2S/c1-4-6-12-8-9-14(15-2)13(11-12)7-5-10-18(3,16)17/h12-15H,4-11H2,1-3H3. The lowest BCUT2D eigenvalue weighted by Crippen LogP contribution is -2.38. The van der Waals surface area contributed by atoms with Crippen molar-refractivity contribution in [3.05, 3.63) is 0 Å². The molecular formula is C14H29NO2S. The molecule has 0 aromatic heterocycles. The monoisotopic (exact) mass is 275 g/mol. The first-order chi connectivity index (χ1) is 8.46. The maximum absolute atomic E-state index is 11.2. The largest absolute Gasteiger partial charge is 0.317 e. The van der Waals surface area contributed by atoms with Crippen LogP contribution in [0.4, 0.5) is 0 Å². The van der Waals surface area contributed by atoms with Gasteiger partial charge in [0.15, 0.2) is 0 Å². The molecule has 1 rings (SSSR count). The predicted octanol–water partition coefficient (Wildman–Crippen LogP) is 2.62. The van der Waals surface area contributed by atoms with Gasteiger partial charge in [0.2, 0.25) is 0 Å². The van der Waals surface area contributed by atoms with E-state index in [1.807, 2.05) is 7.05 Å². The molecule has 4 heteroatoms. The molecule has 1 aliphatic carbocycles. The number of rotatable bonds is 7. The number of hydrogen-bond acceptors (Lipinski definition) is 3. The van der Waals surface area contributed by atoms with Crippen LogP contribution in [-0.2, 0) is 9.84 Å². The summed E-state index contributed by atoms with van der Waals surface area (Å²) in [4.78, 5) is 0. The van der Waals surface area contributed by atoms with E-state index in [1.54, 1.807) is 0 Å². The van der Waals surface area contributed by atoms with Crippen molar-refractivity contribution in [1.29, 1.82) is 0 Å². The molecule has 0 radical (unpaired) electrons. The Morgan fingerprint density at radius 2 is 1.94 bits per heavy atom. The van der Waals surface area contributed by atoms with E-state index in [0.29, 0.717) is 17.7 Å². The first-order valence-corrected chi connectivity index (χ1v) is 9.37. The fourth-order valence-corrected chi connectivity index (χ4v) is 4.03. The third-order valence-electron chi connectivity index (χ3n) is 4.25. The van der Waals surface area contributed by atoms with Crippen LogP contribution in [-0.4, -0.2) is 33.5 Å². The van der Waals surface area contributed by atoms with Crippen LogP contribution >= 0.6 is 0 Å². The molecule has 0 spiro atoms. The second-order valence-corrected chi connectivity index (χ2v) is 8.15. The minimum Gasteiger partial charge on any atom is -0.317 e. The highest BCUT2D eigenvalue weighted by Crippen LogP contribution is 2.34. The van der Waals surface area contributed by atoms with Crippen molar-refractivity contribution in [3.8, 4) is 0 Å². The Balaban J connectivity index is 2.42. The van der Waals surface area contributed by atoms with E-state index in [0.717, 1.165) is 18.8 Å². The van der Waals surface area contributed by atoms with Crippen molar-refractivity contribution >= 4 is 9.84 Å². The predicted molar refractivity (Wildman–Crippen MR) is 77.5 cm³/mol. The molecule has 1 aliphatic rings. The summed E-state index contributed by atoms with van der Waals surface area (Å²) in [7, 11) is -0.757. The molecule has 0 aliphatic heterocycles. The van der Waals surface area contributed by atoms with E-state index in [1.165, 1.54) is 38.4 Å². The van der Waals surface area contributed by atoms with E-state index in [9.17, 15) is 8.42 Å². The van der Waals surface area contributed by atoms with Gasteiger partial charge in [-0.25, -0.2) is 8.42 Å². The maximum Gasteiger partial charge on any atom is 0.147 e. The van der Waals surface area contributed by atoms with Gasteiger partial charge < -0.3 is 5.32 Å². The lowest BCUT2D eigenvalue weighted by molar-refractivity contribution is 0.191. The van der Waals surface area contributed by atoms with Gasteiger partial charge in [0, 0.05) is 18.1 Å². The van der Waals surface area contributed by atoms with Crippen molar-refractivity contribution < 1.29 is 8.42 Å². The highest BCUT2D eigenvalue weighted by molar-refractivity contribution is 7.90. The van der Waals surface area contributed by atoms with Crippen molar-refractivity contribution in [3.63, 3.8) is 0 Å². The quantitative estimate of drug-likeness (QED) is 0.777. The highest BCUT2D eigenvalue weighted by Gasteiger charge is 2.28. The van der Waals surface area contributed by atoms with Crippen molar-refractivity contribution in [1.82, 2.24) is 5.32 Å². The zero-order chi connectivity index (χ0) is 13.6. The van der Waals surface area contributed by atoms with Crippen LogP contribution in [0.1, 0.15) is 51.9 Å². The van der Waals surface area contributed by atoms with Gasteiger partial charge in [-0.15, -0.1) is 0 Å². The van der Waals surface area contributed by atoms with Gasteiger partial charge in [-0.3, -0.25) is 0 Å². The molecule has 1 saturated carbocycles. The van der Waals surface area contributed by atoms with E-state index >= 15 is 0 Å².